The maximum atomic E-state index is 10.2. The van der Waals surface area contributed by atoms with Gasteiger partial charge in [-0.25, -0.2) is 4.79 Å². The van der Waals surface area contributed by atoms with E-state index in [1.165, 1.54) is 0 Å². The van der Waals surface area contributed by atoms with Gasteiger partial charge in [0.1, 0.15) is 0 Å². The number of rotatable bonds is 1. The van der Waals surface area contributed by atoms with Crippen molar-refractivity contribution in [3.63, 3.8) is 0 Å². The average Bonchev–Trinajstić information content (AvgIpc) is 1.90. The molecule has 52 valence electrons. The van der Waals surface area contributed by atoms with Crippen LogP contribution in [0.4, 0.5) is 0 Å². The first-order chi connectivity index (χ1) is 4.30. The predicted molar refractivity (Wildman–Crippen MR) is 33.4 cm³/mol. The third-order valence-corrected chi connectivity index (χ3v) is 1.02. The van der Waals surface area contributed by atoms with Crippen molar-refractivity contribution >= 4 is 5.97 Å². The Balaban J connectivity index is 0.000000810. The molecule has 1 rings (SSSR count). The van der Waals surface area contributed by atoms with Gasteiger partial charge in [0.2, 0.25) is 0 Å². The van der Waals surface area contributed by atoms with Crippen molar-refractivity contribution in [3.8, 4) is 0 Å². The SMILES string of the molecule is O=C(O)c1ccccc1.[W]. The minimum Gasteiger partial charge on any atom is -0.478 e. The van der Waals surface area contributed by atoms with Gasteiger partial charge in [0.15, 0.2) is 0 Å². The first-order valence-electron chi connectivity index (χ1n) is 2.59. The molecule has 0 bridgehead atoms. The third-order valence-electron chi connectivity index (χ3n) is 1.02. The molecule has 0 amide bonds. The van der Waals surface area contributed by atoms with Crippen LogP contribution in [0.3, 0.4) is 0 Å². The maximum Gasteiger partial charge on any atom is 0.335 e. The Labute approximate surface area is 73.1 Å². The molecule has 0 saturated heterocycles. The summed E-state index contributed by atoms with van der Waals surface area (Å²) in [5.41, 5.74) is 0.331. The van der Waals surface area contributed by atoms with Gasteiger partial charge in [0.25, 0.3) is 0 Å². The molecule has 1 N–H and O–H groups in total. The van der Waals surface area contributed by atoms with E-state index in [1.807, 2.05) is 0 Å². The second-order valence-corrected chi connectivity index (χ2v) is 1.67. The van der Waals surface area contributed by atoms with E-state index in [0.29, 0.717) is 5.56 Å². The summed E-state index contributed by atoms with van der Waals surface area (Å²) in [5, 5.41) is 8.38. The van der Waals surface area contributed by atoms with Crippen LogP contribution in [0.25, 0.3) is 0 Å². The molecule has 0 radical (unpaired) electrons. The minimum absolute atomic E-state index is 0. The van der Waals surface area contributed by atoms with Gasteiger partial charge in [-0.05, 0) is 12.1 Å². The molecule has 3 heteroatoms. The molecule has 0 heterocycles. The van der Waals surface area contributed by atoms with Gasteiger partial charge in [0, 0.05) is 21.1 Å². The molecule has 0 atom stereocenters. The van der Waals surface area contributed by atoms with Crippen molar-refractivity contribution in [2.45, 2.75) is 0 Å². The molecule has 10 heavy (non-hydrogen) atoms. The Hall–Kier alpha value is -0.622. The van der Waals surface area contributed by atoms with E-state index >= 15 is 0 Å². The van der Waals surface area contributed by atoms with Crippen LogP contribution >= 0.6 is 0 Å². The van der Waals surface area contributed by atoms with E-state index in [2.05, 4.69) is 0 Å². The Kier molecular flexibility index (Phi) is 3.97. The fourth-order valence-corrected chi connectivity index (χ4v) is 0.581. The quantitative estimate of drug-likeness (QED) is 0.851. The number of carboxylic acid groups (broad SMARTS) is 1. The van der Waals surface area contributed by atoms with Gasteiger partial charge in [-0.2, -0.15) is 0 Å². The molecule has 0 aliphatic rings. The second-order valence-electron chi connectivity index (χ2n) is 1.67. The largest absolute Gasteiger partial charge is 0.478 e. The number of aromatic carboxylic acids is 1. The summed E-state index contributed by atoms with van der Waals surface area (Å²) in [6.07, 6.45) is 0. The zero-order valence-corrected chi connectivity index (χ0v) is 8.08. The van der Waals surface area contributed by atoms with Crippen LogP contribution in [0.15, 0.2) is 30.3 Å². The summed E-state index contributed by atoms with van der Waals surface area (Å²) in [5.74, 6) is -0.879. The maximum absolute atomic E-state index is 10.2. The number of carboxylic acids is 1. The van der Waals surface area contributed by atoms with Gasteiger partial charge < -0.3 is 5.11 Å². The molecule has 0 aliphatic carbocycles. The summed E-state index contributed by atoms with van der Waals surface area (Å²) < 4.78 is 0. The molecular weight excluding hydrogens is 300 g/mol. The van der Waals surface area contributed by atoms with E-state index in [9.17, 15) is 4.79 Å². The molecule has 0 unspecified atom stereocenters. The summed E-state index contributed by atoms with van der Waals surface area (Å²) in [6.45, 7) is 0. The molecule has 0 aromatic heterocycles. The normalized spacial score (nSPS) is 8.00. The first-order valence-corrected chi connectivity index (χ1v) is 2.59. The van der Waals surface area contributed by atoms with E-state index in [0.717, 1.165) is 0 Å². The van der Waals surface area contributed by atoms with Crippen LogP contribution in [-0.2, 0) is 21.1 Å². The topological polar surface area (TPSA) is 37.3 Å². The van der Waals surface area contributed by atoms with Gasteiger partial charge in [-0.3, -0.25) is 0 Å². The van der Waals surface area contributed by atoms with E-state index in [-0.39, 0.29) is 21.1 Å². The Bertz CT molecular complexity index is 208. The first kappa shape index (κ1) is 9.38. The van der Waals surface area contributed by atoms with Crippen LogP contribution < -0.4 is 0 Å². The molecule has 2 nitrogen and oxygen atoms in total. The zero-order chi connectivity index (χ0) is 6.69. The smallest absolute Gasteiger partial charge is 0.335 e. The Morgan fingerprint density at radius 1 is 1.20 bits per heavy atom. The van der Waals surface area contributed by atoms with Crippen molar-refractivity contribution in [2.24, 2.45) is 0 Å². The van der Waals surface area contributed by atoms with Gasteiger partial charge in [-0.1, -0.05) is 18.2 Å². The Morgan fingerprint density at radius 3 is 2.00 bits per heavy atom. The molecule has 0 saturated carbocycles. The van der Waals surface area contributed by atoms with E-state index in [1.54, 1.807) is 30.3 Å². The minimum atomic E-state index is -0.879. The summed E-state index contributed by atoms with van der Waals surface area (Å²) in [7, 11) is 0. The van der Waals surface area contributed by atoms with Crippen molar-refractivity contribution in [1.29, 1.82) is 0 Å². The fourth-order valence-electron chi connectivity index (χ4n) is 0.581. The van der Waals surface area contributed by atoms with Gasteiger partial charge in [0.05, 0.1) is 5.56 Å². The molecular formula is C7H6O2W. The number of carbonyl (C=O) groups is 1. The molecule has 0 spiro atoms. The summed E-state index contributed by atoms with van der Waals surface area (Å²) in [4.78, 5) is 10.2. The second kappa shape index (κ2) is 4.23. The Morgan fingerprint density at radius 2 is 1.70 bits per heavy atom. The number of benzene rings is 1. The number of hydrogen-bond acceptors (Lipinski definition) is 1. The fraction of sp³-hybridized carbons (Fsp3) is 0. The van der Waals surface area contributed by atoms with Crippen molar-refractivity contribution in [2.75, 3.05) is 0 Å². The van der Waals surface area contributed by atoms with Crippen molar-refractivity contribution < 1.29 is 31.0 Å². The standard InChI is InChI=1S/C7H6O2.W/c8-7(9)6-4-2-1-3-5-6;/h1-5H,(H,8,9);. The van der Waals surface area contributed by atoms with Crippen LogP contribution in [0.5, 0.6) is 0 Å². The molecule has 1 aromatic carbocycles. The van der Waals surface area contributed by atoms with Crippen LogP contribution in [0.2, 0.25) is 0 Å². The predicted octanol–water partition coefficient (Wildman–Crippen LogP) is 1.38. The van der Waals surface area contributed by atoms with Gasteiger partial charge in [-0.15, -0.1) is 0 Å². The van der Waals surface area contributed by atoms with Crippen LogP contribution in [0, 0.1) is 0 Å². The van der Waals surface area contributed by atoms with E-state index < -0.39 is 5.97 Å². The molecule has 1 aromatic rings. The summed E-state index contributed by atoms with van der Waals surface area (Å²) in [6, 6.07) is 8.30. The van der Waals surface area contributed by atoms with Crippen LogP contribution in [0.1, 0.15) is 10.4 Å². The van der Waals surface area contributed by atoms with Crippen molar-refractivity contribution in [1.82, 2.24) is 0 Å². The average molecular weight is 306 g/mol. The zero-order valence-electron chi connectivity index (χ0n) is 5.15. The van der Waals surface area contributed by atoms with Crippen molar-refractivity contribution in [3.05, 3.63) is 35.9 Å². The van der Waals surface area contributed by atoms with E-state index in [4.69, 9.17) is 5.11 Å². The monoisotopic (exact) mass is 306 g/mol. The summed E-state index contributed by atoms with van der Waals surface area (Å²) >= 11 is 0. The van der Waals surface area contributed by atoms with Crippen LogP contribution in [-0.4, -0.2) is 11.1 Å². The number of hydrogen-bond donors (Lipinski definition) is 1. The molecule has 0 aliphatic heterocycles. The third kappa shape index (κ3) is 2.32. The molecule has 0 fully saturated rings. The van der Waals surface area contributed by atoms with Gasteiger partial charge >= 0.3 is 5.97 Å².